The lowest BCUT2D eigenvalue weighted by atomic mass is 9.73. The van der Waals surface area contributed by atoms with Crippen molar-refractivity contribution in [1.82, 2.24) is 45.4 Å². The Morgan fingerprint density at radius 2 is 1.54 bits per heavy atom. The van der Waals surface area contributed by atoms with E-state index in [1.165, 1.54) is 4.90 Å². The molecule has 1 saturated heterocycles. The number of anilines is 1. The van der Waals surface area contributed by atoms with Gasteiger partial charge in [0, 0.05) is 61.9 Å². The number of aromatic nitrogens is 5. The predicted octanol–water partition coefficient (Wildman–Crippen LogP) is 9.87. The standard InChI is InChI=1S/C63H77N11O5S/c1-41-55(80-40-69-41)44-23-20-43(21-24-44)38-68-60(78)52-37-48(75)39-73(52)61(79)56(62(2,3)4)72-54(77)19-11-9-7-5-6-8-10-12-34-66-53(76)31-22-42-16-13-17-45(36-42)50-29-30-51-59(70-50)74(58(71-51)49-18-14-35-67-57(49)64)47-27-25-46(26-28-47)63(65)32-15-33-63/h13-14,16-18,20-21,23-30,35-36,40,48,52,56,75H,5-12,15,19,22,31-34,37-39,65H2,1-4H3,(H2,64,67)(H,66,76)(H,68,78)(H,72,77)/t48-,52+,56-/m1/s1. The van der Waals surface area contributed by atoms with Crippen LogP contribution in [0.15, 0.2) is 109 Å². The Bertz CT molecular complexity index is 3270. The van der Waals surface area contributed by atoms with Gasteiger partial charge in [-0.05, 0) is 116 Å². The third-order valence-corrected chi connectivity index (χ3v) is 16.7. The first-order valence-electron chi connectivity index (χ1n) is 28.5. The average Bonchev–Trinajstić information content (AvgIpc) is 4.20. The van der Waals surface area contributed by atoms with E-state index in [2.05, 4.69) is 56.3 Å². The summed E-state index contributed by atoms with van der Waals surface area (Å²) in [6.07, 6.45) is 13.1. The number of carbonyl (C=O) groups is 4. The van der Waals surface area contributed by atoms with E-state index in [0.29, 0.717) is 49.5 Å². The molecule has 16 nitrogen and oxygen atoms in total. The van der Waals surface area contributed by atoms with Crippen LogP contribution in [0.5, 0.6) is 0 Å². The van der Waals surface area contributed by atoms with Crippen molar-refractivity contribution >= 4 is 51.9 Å². The zero-order valence-electron chi connectivity index (χ0n) is 46.7. The van der Waals surface area contributed by atoms with Gasteiger partial charge in [0.05, 0.1) is 33.4 Å². The lowest BCUT2D eigenvalue weighted by Crippen LogP contribution is -2.57. The Balaban J connectivity index is 0.665. The van der Waals surface area contributed by atoms with Gasteiger partial charge in [0.15, 0.2) is 11.5 Å². The largest absolute Gasteiger partial charge is 0.391 e. The van der Waals surface area contributed by atoms with Crippen LogP contribution in [-0.4, -0.2) is 89.4 Å². The van der Waals surface area contributed by atoms with Crippen LogP contribution >= 0.6 is 11.3 Å². The summed E-state index contributed by atoms with van der Waals surface area (Å²) in [6.45, 7) is 8.62. The normalized spacial score (nSPS) is 16.3. The SMILES string of the molecule is Cc1ncsc1-c1ccc(CNC(=O)[C@@H]2C[C@@H](O)CN2C(=O)[C@@H](NC(=O)CCCCCCCCCCNC(=O)CCc2cccc(-c3ccc4nc(-c5cccnc5N)n(-c5ccc(C6(N)CCC6)cc5)c4n3)c2)C(C)(C)C)cc1. The fourth-order valence-electron chi connectivity index (χ4n) is 10.9. The molecule has 0 bridgehead atoms. The molecule has 1 aliphatic heterocycles. The number of amides is 4. The van der Waals surface area contributed by atoms with E-state index in [1.54, 1.807) is 17.5 Å². The molecule has 2 aliphatic rings. The molecule has 4 aromatic heterocycles. The topological polar surface area (TPSA) is 236 Å². The van der Waals surface area contributed by atoms with Crippen molar-refractivity contribution in [1.29, 1.82) is 0 Å². The number of benzene rings is 3. The Labute approximate surface area is 473 Å². The summed E-state index contributed by atoms with van der Waals surface area (Å²) >= 11 is 1.58. The first-order valence-corrected chi connectivity index (χ1v) is 29.3. The fraction of sp³-hybridized carbons (Fsp3) is 0.429. The van der Waals surface area contributed by atoms with Crippen LogP contribution < -0.4 is 27.4 Å². The number of imidazole rings is 1. The Kier molecular flexibility index (Phi) is 18.5. The van der Waals surface area contributed by atoms with Crippen LogP contribution in [-0.2, 0) is 37.7 Å². The van der Waals surface area contributed by atoms with Crippen LogP contribution in [0.3, 0.4) is 0 Å². The van der Waals surface area contributed by atoms with Gasteiger partial charge in [-0.1, -0.05) is 114 Å². The second kappa shape index (κ2) is 25.8. The number of aliphatic hydroxyl groups excluding tert-OH is 1. The molecule has 1 aliphatic carbocycles. The molecule has 420 valence electrons. The number of carbonyl (C=O) groups excluding carboxylic acids is 4. The number of hydrogen-bond acceptors (Lipinski definition) is 12. The molecule has 0 unspecified atom stereocenters. The smallest absolute Gasteiger partial charge is 0.246 e. The molecule has 5 heterocycles. The maximum Gasteiger partial charge on any atom is 0.246 e. The third-order valence-electron chi connectivity index (χ3n) is 15.8. The number of nitrogen functional groups attached to an aromatic ring is 1. The lowest BCUT2D eigenvalue weighted by molar-refractivity contribution is -0.144. The van der Waals surface area contributed by atoms with Crippen LogP contribution in [0.1, 0.15) is 133 Å². The minimum absolute atomic E-state index is 0.0295. The van der Waals surface area contributed by atoms with E-state index in [9.17, 15) is 24.3 Å². The van der Waals surface area contributed by atoms with E-state index in [4.69, 9.17) is 21.4 Å². The zero-order valence-corrected chi connectivity index (χ0v) is 47.5. The first-order chi connectivity index (χ1) is 38.5. The number of thiazole rings is 1. The number of aryl methyl sites for hydroxylation is 2. The molecule has 3 atom stereocenters. The molecule has 80 heavy (non-hydrogen) atoms. The van der Waals surface area contributed by atoms with Crippen LogP contribution in [0, 0.1) is 12.3 Å². The van der Waals surface area contributed by atoms with E-state index in [1.807, 2.05) is 105 Å². The molecule has 0 spiro atoms. The molecule has 8 N–H and O–H groups in total. The number of hydrogen-bond donors (Lipinski definition) is 6. The maximum absolute atomic E-state index is 14.1. The van der Waals surface area contributed by atoms with Crippen molar-refractivity contribution < 1.29 is 24.3 Å². The second-order valence-electron chi connectivity index (χ2n) is 22.9. The number of nitrogens with one attached hydrogen (secondary N) is 3. The van der Waals surface area contributed by atoms with E-state index >= 15 is 0 Å². The molecule has 3 aromatic carbocycles. The number of likely N-dealkylation sites (tertiary alicyclic amines) is 1. The molecular formula is C63H77N11O5S. The van der Waals surface area contributed by atoms with Crippen molar-refractivity contribution in [3.63, 3.8) is 0 Å². The highest BCUT2D eigenvalue weighted by Crippen LogP contribution is 2.40. The summed E-state index contributed by atoms with van der Waals surface area (Å²) in [4.78, 5) is 75.1. The predicted molar refractivity (Wildman–Crippen MR) is 316 cm³/mol. The van der Waals surface area contributed by atoms with Crippen LogP contribution in [0.4, 0.5) is 5.82 Å². The highest BCUT2D eigenvalue weighted by Gasteiger charge is 2.44. The van der Waals surface area contributed by atoms with Crippen molar-refractivity contribution in [3.8, 4) is 38.8 Å². The summed E-state index contributed by atoms with van der Waals surface area (Å²) in [5.74, 6) is 0.182. The second-order valence-corrected chi connectivity index (χ2v) is 23.7. The van der Waals surface area contributed by atoms with Gasteiger partial charge in [0.2, 0.25) is 23.6 Å². The number of pyridine rings is 2. The van der Waals surface area contributed by atoms with Gasteiger partial charge in [-0.15, -0.1) is 11.3 Å². The molecule has 17 heteroatoms. The average molecular weight is 1100 g/mol. The van der Waals surface area contributed by atoms with Crippen LogP contribution in [0.25, 0.3) is 49.9 Å². The molecule has 7 aromatic rings. The fourth-order valence-corrected chi connectivity index (χ4v) is 11.7. The summed E-state index contributed by atoms with van der Waals surface area (Å²) in [5.41, 5.74) is 23.9. The minimum Gasteiger partial charge on any atom is -0.391 e. The Hall–Kier alpha value is -7.34. The van der Waals surface area contributed by atoms with Crippen LogP contribution in [0.2, 0.25) is 0 Å². The molecule has 0 radical (unpaired) electrons. The Morgan fingerprint density at radius 1 is 0.800 bits per heavy atom. The van der Waals surface area contributed by atoms with Crippen molar-refractivity contribution in [3.05, 3.63) is 131 Å². The summed E-state index contributed by atoms with van der Waals surface area (Å²) in [6, 6.07) is 30.6. The quantitative estimate of drug-likeness (QED) is 0.0312. The summed E-state index contributed by atoms with van der Waals surface area (Å²) in [7, 11) is 0. The van der Waals surface area contributed by atoms with Gasteiger partial charge in [-0.25, -0.2) is 19.9 Å². The summed E-state index contributed by atoms with van der Waals surface area (Å²) in [5, 5.41) is 19.7. The number of unbranched alkanes of at least 4 members (excludes halogenated alkanes) is 7. The van der Waals surface area contributed by atoms with Gasteiger partial charge >= 0.3 is 0 Å². The monoisotopic (exact) mass is 1100 g/mol. The highest BCUT2D eigenvalue weighted by molar-refractivity contribution is 7.13. The van der Waals surface area contributed by atoms with Crippen molar-refractivity contribution in [2.45, 2.75) is 154 Å². The van der Waals surface area contributed by atoms with E-state index < -0.39 is 23.6 Å². The van der Waals surface area contributed by atoms with Crippen molar-refractivity contribution in [2.75, 3.05) is 18.8 Å². The van der Waals surface area contributed by atoms with E-state index in [-0.39, 0.29) is 48.7 Å². The summed E-state index contributed by atoms with van der Waals surface area (Å²) < 4.78 is 2.04. The number of aliphatic hydroxyl groups is 1. The lowest BCUT2D eigenvalue weighted by Gasteiger charge is -2.38. The number of nitrogens with two attached hydrogens (primary N) is 2. The molecule has 9 rings (SSSR count). The van der Waals surface area contributed by atoms with Gasteiger partial charge in [-0.3, -0.25) is 23.7 Å². The number of fused-ring (bicyclic) bond motifs is 1. The van der Waals surface area contributed by atoms with Crippen molar-refractivity contribution in [2.24, 2.45) is 11.1 Å². The molecule has 2 fully saturated rings. The highest BCUT2D eigenvalue weighted by atomic mass is 32.1. The molecule has 1 saturated carbocycles. The van der Waals surface area contributed by atoms with Gasteiger partial charge < -0.3 is 37.4 Å². The minimum atomic E-state index is -0.856. The zero-order chi connectivity index (χ0) is 56.4. The van der Waals surface area contributed by atoms with E-state index in [0.717, 1.165) is 125 Å². The molecular weight excluding hydrogens is 1020 g/mol. The Morgan fingerprint density at radius 3 is 2.23 bits per heavy atom. The number of β-amino-alcohol motifs (C(OH)–C–C–N with tert-alkyl or cyclic N) is 1. The first kappa shape index (κ1) is 57.3. The third kappa shape index (κ3) is 14.0. The van der Waals surface area contributed by atoms with Gasteiger partial charge in [0.1, 0.15) is 23.4 Å². The van der Waals surface area contributed by atoms with Gasteiger partial charge in [0.25, 0.3) is 0 Å². The molecule has 4 amide bonds. The number of nitrogens with zero attached hydrogens (tertiary/aromatic N) is 6. The number of rotatable bonds is 24. The van der Waals surface area contributed by atoms with Gasteiger partial charge in [-0.2, -0.15) is 0 Å². The maximum atomic E-state index is 14.1.